The van der Waals surface area contributed by atoms with Gasteiger partial charge in [-0.3, -0.25) is 23.4 Å². The number of hydrogen-bond donors (Lipinski definition) is 4. The van der Waals surface area contributed by atoms with Crippen LogP contribution in [-0.2, 0) is 37.5 Å². The molecule has 1 fully saturated rings. The number of ether oxygens (including phenoxy) is 2. The van der Waals surface area contributed by atoms with Gasteiger partial charge in [-0.2, -0.15) is 0 Å². The third-order valence-corrected chi connectivity index (χ3v) is 11.5. The monoisotopic (exact) mass is 868 g/mol. The van der Waals surface area contributed by atoms with Crippen molar-refractivity contribution in [2.45, 2.75) is 193 Å². The van der Waals surface area contributed by atoms with Crippen LogP contribution in [0.15, 0.2) is 48.6 Å². The maximum Gasteiger partial charge on any atom is 0.472 e. The Hall–Kier alpha value is -2.44. The Morgan fingerprint density at radius 2 is 1.35 bits per heavy atom. The Kier molecular flexibility index (Phi) is 34.4. The van der Waals surface area contributed by atoms with Crippen molar-refractivity contribution in [3.63, 3.8) is 0 Å². The third kappa shape index (κ3) is 30.6. The van der Waals surface area contributed by atoms with Gasteiger partial charge in [-0.1, -0.05) is 140 Å². The van der Waals surface area contributed by atoms with Crippen LogP contribution in [0.3, 0.4) is 0 Å². The van der Waals surface area contributed by atoms with Gasteiger partial charge in [0.2, 0.25) is 0 Å². The van der Waals surface area contributed by atoms with E-state index in [1.54, 1.807) is 12.2 Å². The van der Waals surface area contributed by atoms with E-state index in [2.05, 4.69) is 38.2 Å². The Bertz CT molecular complexity index is 1290. The average molecular weight is 868 g/mol. The zero-order chi connectivity index (χ0) is 44.1. The summed E-state index contributed by atoms with van der Waals surface area (Å²) in [5.74, 6) is -1.77. The van der Waals surface area contributed by atoms with E-state index in [0.717, 1.165) is 51.4 Å². The van der Waals surface area contributed by atoms with Crippen molar-refractivity contribution >= 4 is 25.5 Å². The number of hydrogen-bond acceptors (Lipinski definition) is 11. The van der Waals surface area contributed by atoms with E-state index in [9.17, 15) is 34.1 Å². The van der Waals surface area contributed by atoms with Crippen LogP contribution in [0.25, 0.3) is 0 Å². The highest BCUT2D eigenvalue weighted by atomic mass is 31.2. The molecule has 1 unspecified atom stereocenters. The van der Waals surface area contributed by atoms with E-state index in [1.165, 1.54) is 57.8 Å². The minimum absolute atomic E-state index is 0.00812. The van der Waals surface area contributed by atoms with E-state index in [-0.39, 0.29) is 56.6 Å². The minimum atomic E-state index is -4.46. The minimum Gasteiger partial charge on any atom is -0.462 e. The molecule has 0 spiro atoms. The molecule has 0 bridgehead atoms. The summed E-state index contributed by atoms with van der Waals surface area (Å²) in [6.45, 7) is 3.29. The summed E-state index contributed by atoms with van der Waals surface area (Å²) in [6.07, 6.45) is 36.4. The van der Waals surface area contributed by atoms with Crippen molar-refractivity contribution in [3.8, 4) is 0 Å². The smallest absolute Gasteiger partial charge is 0.462 e. The summed E-state index contributed by atoms with van der Waals surface area (Å²) < 4.78 is 32.8. The standard InChI is InChI=1S/C47H82NO11P/c1-3-5-7-8-9-10-11-12-13-14-15-16-17-18-19-20-21-22-27-31-46(52)56-38-41(39-58-60(54,55)57-36-35-48)59-47(53)32-28-24-23-26-30-42-43(45(51)37-44(42)50)34-33-40(49)29-25-6-4-2/h9-10,12-13,23,26,33-34,40-43,45,49,51H,3-8,11,14-22,24-25,27-32,35-39,48H2,1-2H3,(H,54,55)/b10-9-,13-12-,26-23-,34-33+/t40-,41+,42+,43+,45+/m0/s1. The molecule has 60 heavy (non-hydrogen) atoms. The fourth-order valence-electron chi connectivity index (χ4n) is 7.00. The molecule has 1 saturated carbocycles. The number of aliphatic hydroxyl groups excluding tert-OH is 2. The van der Waals surface area contributed by atoms with E-state index in [4.69, 9.17) is 24.3 Å². The quantitative estimate of drug-likeness (QED) is 0.0198. The molecule has 1 aliphatic rings. The van der Waals surface area contributed by atoms with E-state index in [0.29, 0.717) is 32.1 Å². The Morgan fingerprint density at radius 3 is 2.02 bits per heavy atom. The number of phosphoric ester groups is 1. The van der Waals surface area contributed by atoms with E-state index in [1.807, 2.05) is 12.2 Å². The normalized spacial score (nSPS) is 19.2. The molecule has 0 radical (unpaired) electrons. The highest BCUT2D eigenvalue weighted by molar-refractivity contribution is 7.47. The summed E-state index contributed by atoms with van der Waals surface area (Å²) >= 11 is 0. The summed E-state index contributed by atoms with van der Waals surface area (Å²) in [4.78, 5) is 47.7. The van der Waals surface area contributed by atoms with Crippen molar-refractivity contribution < 1.29 is 52.6 Å². The molecule has 0 aromatic heterocycles. The molecule has 346 valence electrons. The zero-order valence-electron chi connectivity index (χ0n) is 37.1. The second-order valence-corrected chi connectivity index (χ2v) is 17.5. The topological polar surface area (TPSA) is 192 Å². The number of carbonyl (C=O) groups is 3. The van der Waals surface area contributed by atoms with Gasteiger partial charge in [0.15, 0.2) is 6.10 Å². The van der Waals surface area contributed by atoms with Crippen molar-refractivity contribution in [1.82, 2.24) is 0 Å². The molecule has 0 heterocycles. The van der Waals surface area contributed by atoms with Crippen LogP contribution >= 0.6 is 7.82 Å². The molecule has 6 atom stereocenters. The molecule has 0 aromatic carbocycles. The third-order valence-electron chi connectivity index (χ3n) is 10.6. The van der Waals surface area contributed by atoms with Crippen molar-refractivity contribution in [1.29, 1.82) is 0 Å². The average Bonchev–Trinajstić information content (AvgIpc) is 3.49. The van der Waals surface area contributed by atoms with Crippen LogP contribution in [0, 0.1) is 11.8 Å². The summed E-state index contributed by atoms with van der Waals surface area (Å²) in [5, 5.41) is 20.7. The van der Waals surface area contributed by atoms with Gasteiger partial charge in [0.1, 0.15) is 12.4 Å². The molecular formula is C47H82NO11P. The number of nitrogens with two attached hydrogens (primary N) is 1. The van der Waals surface area contributed by atoms with Crippen molar-refractivity contribution in [2.24, 2.45) is 17.6 Å². The first-order chi connectivity index (χ1) is 29.0. The molecule has 13 heteroatoms. The van der Waals surface area contributed by atoms with Gasteiger partial charge < -0.3 is 30.3 Å². The predicted molar refractivity (Wildman–Crippen MR) is 239 cm³/mol. The number of aliphatic hydroxyl groups is 2. The Balaban J connectivity index is 2.36. The van der Waals surface area contributed by atoms with Gasteiger partial charge in [0.05, 0.1) is 25.4 Å². The zero-order valence-corrected chi connectivity index (χ0v) is 38.0. The van der Waals surface area contributed by atoms with Crippen LogP contribution in [-0.4, -0.2) is 77.5 Å². The lowest BCUT2D eigenvalue weighted by atomic mass is 9.90. The molecule has 12 nitrogen and oxygen atoms in total. The first-order valence-electron chi connectivity index (χ1n) is 23.2. The van der Waals surface area contributed by atoms with Crippen molar-refractivity contribution in [2.75, 3.05) is 26.4 Å². The van der Waals surface area contributed by atoms with E-state index < -0.39 is 44.7 Å². The molecule has 0 aliphatic heterocycles. The fourth-order valence-corrected chi connectivity index (χ4v) is 7.76. The number of Topliss-reactive ketones (excluding diaryl/α,β-unsaturated/α-hetero) is 1. The van der Waals surface area contributed by atoms with Gasteiger partial charge in [0.25, 0.3) is 0 Å². The van der Waals surface area contributed by atoms with Crippen molar-refractivity contribution in [3.05, 3.63) is 48.6 Å². The lowest BCUT2D eigenvalue weighted by Gasteiger charge is -2.19. The van der Waals surface area contributed by atoms with Gasteiger partial charge in [-0.15, -0.1) is 0 Å². The van der Waals surface area contributed by atoms with Gasteiger partial charge in [-0.05, 0) is 64.2 Å². The van der Waals surface area contributed by atoms with Gasteiger partial charge in [0, 0.05) is 37.6 Å². The van der Waals surface area contributed by atoms with Crippen LogP contribution in [0.2, 0.25) is 0 Å². The second-order valence-electron chi connectivity index (χ2n) is 16.0. The number of rotatable bonds is 39. The Labute approximate surface area is 362 Å². The summed E-state index contributed by atoms with van der Waals surface area (Å²) in [6, 6.07) is 0. The Morgan fingerprint density at radius 1 is 0.767 bits per heavy atom. The number of ketones is 1. The first kappa shape index (κ1) is 55.6. The molecular weight excluding hydrogens is 785 g/mol. The second kappa shape index (κ2) is 37.1. The highest BCUT2D eigenvalue weighted by Crippen LogP contribution is 2.43. The lowest BCUT2D eigenvalue weighted by Crippen LogP contribution is -2.29. The maximum absolute atomic E-state index is 12.7. The predicted octanol–water partition coefficient (Wildman–Crippen LogP) is 10.1. The number of allylic oxidation sites excluding steroid dienone is 6. The van der Waals surface area contributed by atoms with Crippen LogP contribution < -0.4 is 5.73 Å². The number of carbonyl (C=O) groups excluding carboxylic acids is 3. The molecule has 1 rings (SSSR count). The van der Waals surface area contributed by atoms with Gasteiger partial charge in [-0.25, -0.2) is 4.57 Å². The molecule has 0 aromatic rings. The summed E-state index contributed by atoms with van der Waals surface area (Å²) in [5.41, 5.74) is 5.35. The summed E-state index contributed by atoms with van der Waals surface area (Å²) in [7, 11) is -4.46. The van der Waals surface area contributed by atoms with Crippen LogP contribution in [0.4, 0.5) is 0 Å². The van der Waals surface area contributed by atoms with Gasteiger partial charge >= 0.3 is 19.8 Å². The SMILES string of the molecule is CCCCC/C=C\C/C=C\CCCCCCCCCCCC(=O)OC[C@H](COP(=O)(O)OCCN)OC(=O)CCC/C=C\C[C@H]1C(=O)C[C@@H](O)[C@@H]1/C=C/[C@@H](O)CCCCC. The van der Waals surface area contributed by atoms with E-state index >= 15 is 0 Å². The molecule has 5 N–H and O–H groups in total. The lowest BCUT2D eigenvalue weighted by molar-refractivity contribution is -0.161. The largest absolute Gasteiger partial charge is 0.472 e. The molecule has 0 amide bonds. The molecule has 0 saturated heterocycles. The van der Waals surface area contributed by atoms with Crippen LogP contribution in [0.5, 0.6) is 0 Å². The first-order valence-corrected chi connectivity index (χ1v) is 24.7. The number of phosphoric acid groups is 1. The molecule has 1 aliphatic carbocycles. The highest BCUT2D eigenvalue weighted by Gasteiger charge is 2.39. The van der Waals surface area contributed by atoms with Crippen LogP contribution in [0.1, 0.15) is 174 Å². The number of esters is 2. The maximum atomic E-state index is 12.7. The fraction of sp³-hybridized carbons (Fsp3) is 0.766. The number of unbranched alkanes of at least 4 members (excludes halogenated alkanes) is 15.